The lowest BCUT2D eigenvalue weighted by Gasteiger charge is -2.20. The quantitative estimate of drug-likeness (QED) is 0.313. The maximum atomic E-state index is 13.3. The molecule has 0 saturated heterocycles. The van der Waals surface area contributed by atoms with Gasteiger partial charge in [0.05, 0.1) is 20.8 Å². The van der Waals surface area contributed by atoms with Gasteiger partial charge in [-0.25, -0.2) is 4.98 Å². The van der Waals surface area contributed by atoms with Gasteiger partial charge in [-0.3, -0.25) is 19.8 Å². The summed E-state index contributed by atoms with van der Waals surface area (Å²) in [6.45, 7) is 0. The number of para-hydroxylation sites is 1. The largest absolute Gasteiger partial charge is 0.269 e. The fourth-order valence-corrected chi connectivity index (χ4v) is 3.91. The number of benzene rings is 3. The topological polar surface area (TPSA) is 76.3 Å². The Morgan fingerprint density at radius 3 is 2.46 bits per heavy atom. The van der Waals surface area contributed by atoms with Gasteiger partial charge in [0.1, 0.15) is 0 Å². The molecule has 6 nitrogen and oxygen atoms in total. The van der Waals surface area contributed by atoms with Gasteiger partial charge in [0, 0.05) is 22.7 Å². The number of hydrogen-bond donors (Lipinski definition) is 0. The number of aromatic nitrogens is 1. The van der Waals surface area contributed by atoms with Crippen LogP contribution in [0.1, 0.15) is 10.4 Å². The van der Waals surface area contributed by atoms with Crippen molar-refractivity contribution >= 4 is 55.6 Å². The van der Waals surface area contributed by atoms with E-state index >= 15 is 0 Å². The summed E-state index contributed by atoms with van der Waals surface area (Å²) in [7, 11) is 0. The minimum atomic E-state index is -0.503. The molecule has 1 heterocycles. The van der Waals surface area contributed by atoms with Crippen molar-refractivity contribution in [2.24, 2.45) is 0 Å². The molecule has 1 amide bonds. The number of carbonyl (C=O) groups is 1. The van der Waals surface area contributed by atoms with Gasteiger partial charge in [-0.2, -0.15) is 0 Å². The number of amides is 1. The number of non-ortho nitro benzene ring substituents is 1. The summed E-state index contributed by atoms with van der Waals surface area (Å²) in [5, 5.41) is 11.9. The summed E-state index contributed by atoms with van der Waals surface area (Å²) in [4.78, 5) is 29.7. The molecule has 0 atom stereocenters. The predicted molar refractivity (Wildman–Crippen MR) is 111 cm³/mol. The molecule has 4 aromatic rings. The third kappa shape index (κ3) is 3.45. The number of halogens is 1. The van der Waals surface area contributed by atoms with E-state index in [0.29, 0.717) is 21.4 Å². The van der Waals surface area contributed by atoms with Crippen LogP contribution in [0.2, 0.25) is 5.02 Å². The number of nitro benzene ring substituents is 1. The van der Waals surface area contributed by atoms with Crippen LogP contribution >= 0.6 is 22.9 Å². The number of rotatable bonds is 4. The molecular weight excluding hydrogens is 398 g/mol. The molecule has 138 valence electrons. The molecule has 0 N–H and O–H groups in total. The van der Waals surface area contributed by atoms with Gasteiger partial charge < -0.3 is 0 Å². The molecule has 0 aliphatic heterocycles. The number of nitro groups is 1. The maximum Gasteiger partial charge on any atom is 0.269 e. The summed E-state index contributed by atoms with van der Waals surface area (Å²) < 4.78 is 0.945. The van der Waals surface area contributed by atoms with Crippen molar-refractivity contribution in [3.05, 3.63) is 93.5 Å². The second-order valence-electron chi connectivity index (χ2n) is 5.89. The number of carbonyl (C=O) groups excluding carboxylic acids is 1. The first-order valence-corrected chi connectivity index (χ1v) is 9.42. The molecule has 0 aliphatic rings. The first-order chi connectivity index (χ1) is 13.5. The SMILES string of the molecule is O=C(c1ccc([N+](=O)[O-])cc1)N(c1cccc(Cl)c1)c1nc2ccccc2s1. The zero-order valence-electron chi connectivity index (χ0n) is 14.3. The Morgan fingerprint density at radius 1 is 1.04 bits per heavy atom. The number of hydrogen-bond acceptors (Lipinski definition) is 5. The van der Waals surface area contributed by atoms with Gasteiger partial charge in [-0.1, -0.05) is 41.1 Å². The molecule has 3 aromatic carbocycles. The molecule has 8 heteroatoms. The van der Waals surface area contributed by atoms with Gasteiger partial charge in [0.15, 0.2) is 5.13 Å². The normalized spacial score (nSPS) is 10.8. The Hall–Kier alpha value is -3.29. The van der Waals surface area contributed by atoms with Crippen LogP contribution < -0.4 is 4.90 Å². The lowest BCUT2D eigenvalue weighted by molar-refractivity contribution is -0.384. The van der Waals surface area contributed by atoms with Gasteiger partial charge in [-0.05, 0) is 42.5 Å². The summed E-state index contributed by atoms with van der Waals surface area (Å²) in [6, 6.07) is 20.0. The highest BCUT2D eigenvalue weighted by atomic mass is 35.5. The standard InChI is InChI=1S/C20H12ClN3O3S/c21-14-4-3-5-16(12-14)23(20-22-17-6-1-2-7-18(17)28-20)19(25)13-8-10-15(11-9-13)24(26)27/h1-12H. The average molecular weight is 410 g/mol. The Balaban J connectivity index is 1.82. The van der Waals surface area contributed by atoms with Crippen LogP contribution in [0.25, 0.3) is 10.2 Å². The number of fused-ring (bicyclic) bond motifs is 1. The van der Waals surface area contributed by atoms with Crippen LogP contribution in [0.4, 0.5) is 16.5 Å². The van der Waals surface area contributed by atoms with Crippen molar-refractivity contribution in [3.63, 3.8) is 0 Å². The second kappa shape index (κ2) is 7.38. The van der Waals surface area contributed by atoms with E-state index < -0.39 is 4.92 Å². The summed E-state index contributed by atoms with van der Waals surface area (Å²) in [5.41, 5.74) is 1.58. The van der Waals surface area contributed by atoms with E-state index in [9.17, 15) is 14.9 Å². The lowest BCUT2D eigenvalue weighted by Crippen LogP contribution is -2.25. The van der Waals surface area contributed by atoms with Crippen LogP contribution in [0, 0.1) is 10.1 Å². The molecule has 0 fully saturated rings. The Morgan fingerprint density at radius 2 is 1.79 bits per heavy atom. The molecule has 28 heavy (non-hydrogen) atoms. The van der Waals surface area contributed by atoms with Crippen LogP contribution in [-0.2, 0) is 0 Å². The first-order valence-electron chi connectivity index (χ1n) is 8.23. The molecule has 0 spiro atoms. The number of thiazole rings is 1. The highest BCUT2D eigenvalue weighted by Crippen LogP contribution is 2.35. The van der Waals surface area contributed by atoms with Crippen molar-refractivity contribution in [1.29, 1.82) is 0 Å². The Labute approximate surface area is 168 Å². The minimum Gasteiger partial charge on any atom is -0.268 e. The fraction of sp³-hybridized carbons (Fsp3) is 0. The van der Waals surface area contributed by atoms with Crippen LogP contribution in [0.3, 0.4) is 0 Å². The predicted octanol–water partition coefficient (Wildman–Crippen LogP) is 5.84. The molecule has 0 unspecified atom stereocenters. The van der Waals surface area contributed by atoms with Crippen molar-refractivity contribution in [2.45, 2.75) is 0 Å². The highest BCUT2D eigenvalue weighted by molar-refractivity contribution is 7.22. The maximum absolute atomic E-state index is 13.3. The second-order valence-corrected chi connectivity index (χ2v) is 7.33. The zero-order chi connectivity index (χ0) is 19.7. The van der Waals surface area contributed by atoms with E-state index in [2.05, 4.69) is 4.98 Å². The molecule has 0 aliphatic carbocycles. The van der Waals surface area contributed by atoms with Gasteiger partial charge in [0.25, 0.3) is 11.6 Å². The van der Waals surface area contributed by atoms with Crippen LogP contribution in [-0.4, -0.2) is 15.8 Å². The van der Waals surface area contributed by atoms with Crippen molar-refractivity contribution < 1.29 is 9.72 Å². The van der Waals surface area contributed by atoms with E-state index in [-0.39, 0.29) is 11.6 Å². The van der Waals surface area contributed by atoms with Crippen molar-refractivity contribution in [1.82, 2.24) is 4.98 Å². The van der Waals surface area contributed by atoms with E-state index in [0.717, 1.165) is 10.2 Å². The Bertz CT molecular complexity index is 1160. The van der Waals surface area contributed by atoms with Crippen molar-refractivity contribution in [2.75, 3.05) is 4.90 Å². The molecule has 0 saturated carbocycles. The fourth-order valence-electron chi connectivity index (χ4n) is 2.74. The van der Waals surface area contributed by atoms with Crippen LogP contribution in [0.15, 0.2) is 72.8 Å². The molecular formula is C20H12ClN3O3S. The average Bonchev–Trinajstić information content (AvgIpc) is 3.11. The summed E-state index contributed by atoms with van der Waals surface area (Å²) in [5.74, 6) is -0.351. The van der Waals surface area contributed by atoms with Gasteiger partial charge in [0.2, 0.25) is 0 Å². The van der Waals surface area contributed by atoms with Gasteiger partial charge >= 0.3 is 0 Å². The molecule has 1 aromatic heterocycles. The number of nitrogens with zero attached hydrogens (tertiary/aromatic N) is 3. The van der Waals surface area contributed by atoms with E-state index in [1.165, 1.54) is 40.5 Å². The van der Waals surface area contributed by atoms with E-state index in [1.807, 2.05) is 24.3 Å². The number of anilines is 2. The highest BCUT2D eigenvalue weighted by Gasteiger charge is 2.24. The zero-order valence-corrected chi connectivity index (χ0v) is 15.9. The summed E-state index contributed by atoms with van der Waals surface area (Å²) in [6.07, 6.45) is 0. The van der Waals surface area contributed by atoms with Gasteiger partial charge in [-0.15, -0.1) is 0 Å². The van der Waals surface area contributed by atoms with Crippen LogP contribution in [0.5, 0.6) is 0 Å². The first kappa shape index (κ1) is 18.1. The molecule has 4 rings (SSSR count). The lowest BCUT2D eigenvalue weighted by atomic mass is 10.1. The Kier molecular flexibility index (Phi) is 4.77. The smallest absolute Gasteiger partial charge is 0.268 e. The molecule has 0 bridgehead atoms. The van der Waals surface area contributed by atoms with Crippen molar-refractivity contribution in [3.8, 4) is 0 Å². The monoisotopic (exact) mass is 409 g/mol. The molecule has 0 radical (unpaired) electrons. The minimum absolute atomic E-state index is 0.0779. The third-order valence-electron chi connectivity index (χ3n) is 4.07. The summed E-state index contributed by atoms with van der Waals surface area (Å²) >= 11 is 7.51. The van der Waals surface area contributed by atoms with E-state index in [1.54, 1.807) is 24.3 Å². The third-order valence-corrected chi connectivity index (χ3v) is 5.33. The van der Waals surface area contributed by atoms with E-state index in [4.69, 9.17) is 11.6 Å².